The Morgan fingerprint density at radius 3 is 2.93 bits per heavy atom. The molecule has 15 heavy (non-hydrogen) atoms. The van der Waals surface area contributed by atoms with E-state index in [1.165, 1.54) is 0 Å². The predicted molar refractivity (Wildman–Crippen MR) is 59.2 cm³/mol. The molecular weight excluding hydrogens is 190 g/mol. The molecular formula is C11H15N3O. The van der Waals surface area contributed by atoms with Crippen molar-refractivity contribution in [2.24, 2.45) is 5.73 Å². The van der Waals surface area contributed by atoms with E-state index in [2.05, 4.69) is 4.98 Å². The third kappa shape index (κ3) is 1.57. The Kier molecular flexibility index (Phi) is 2.60. The van der Waals surface area contributed by atoms with Gasteiger partial charge in [-0.2, -0.15) is 0 Å². The summed E-state index contributed by atoms with van der Waals surface area (Å²) in [7, 11) is 1.66. The number of hydrogen-bond donors (Lipinski definition) is 1. The summed E-state index contributed by atoms with van der Waals surface area (Å²) < 4.78 is 7.30. The molecule has 4 nitrogen and oxygen atoms in total. The van der Waals surface area contributed by atoms with Gasteiger partial charge in [0.1, 0.15) is 5.65 Å². The molecule has 2 N–H and O–H groups in total. The van der Waals surface area contributed by atoms with Crippen molar-refractivity contribution in [3.8, 4) is 5.88 Å². The first-order chi connectivity index (χ1) is 7.27. The number of aromatic nitrogens is 2. The van der Waals surface area contributed by atoms with Crippen LogP contribution in [0.4, 0.5) is 0 Å². The summed E-state index contributed by atoms with van der Waals surface area (Å²) >= 11 is 0. The highest BCUT2D eigenvalue weighted by Gasteiger charge is 2.10. The summed E-state index contributed by atoms with van der Waals surface area (Å²) in [5.74, 6) is 0.806. The highest BCUT2D eigenvalue weighted by molar-refractivity contribution is 5.46. The number of ether oxygens (including phenoxy) is 1. The van der Waals surface area contributed by atoms with Gasteiger partial charge in [-0.1, -0.05) is 6.07 Å². The number of nitrogens with zero attached hydrogens (tertiary/aromatic N) is 2. The summed E-state index contributed by atoms with van der Waals surface area (Å²) in [4.78, 5) is 4.51. The van der Waals surface area contributed by atoms with Crippen LogP contribution in [0, 0.1) is 6.92 Å². The molecule has 0 amide bonds. The minimum Gasteiger partial charge on any atom is -0.482 e. The van der Waals surface area contributed by atoms with E-state index in [1.807, 2.05) is 29.5 Å². The van der Waals surface area contributed by atoms with E-state index in [0.29, 0.717) is 6.54 Å². The third-order valence-electron chi connectivity index (χ3n) is 2.53. The van der Waals surface area contributed by atoms with Crippen LogP contribution in [0.5, 0.6) is 5.88 Å². The fourth-order valence-corrected chi connectivity index (χ4v) is 1.78. The zero-order chi connectivity index (χ0) is 10.8. The molecule has 0 spiro atoms. The van der Waals surface area contributed by atoms with E-state index in [9.17, 15) is 0 Å². The monoisotopic (exact) mass is 205 g/mol. The summed E-state index contributed by atoms with van der Waals surface area (Å²) in [5, 5.41) is 0. The normalized spacial score (nSPS) is 10.9. The number of pyridine rings is 1. The first kappa shape index (κ1) is 9.98. The van der Waals surface area contributed by atoms with E-state index < -0.39 is 0 Å². The molecule has 0 bridgehead atoms. The van der Waals surface area contributed by atoms with E-state index in [0.717, 1.165) is 29.3 Å². The van der Waals surface area contributed by atoms with Crippen molar-refractivity contribution in [3.63, 3.8) is 0 Å². The smallest absolute Gasteiger partial charge is 0.199 e. The molecule has 2 aromatic heterocycles. The van der Waals surface area contributed by atoms with Gasteiger partial charge in [-0.3, -0.25) is 4.40 Å². The van der Waals surface area contributed by atoms with Crippen LogP contribution in [0.15, 0.2) is 18.2 Å². The van der Waals surface area contributed by atoms with Crippen LogP contribution in [0.25, 0.3) is 5.65 Å². The molecule has 80 valence electrons. The van der Waals surface area contributed by atoms with Crippen LogP contribution < -0.4 is 10.5 Å². The Hall–Kier alpha value is -1.55. The maximum absolute atomic E-state index is 5.54. The second-order valence-electron chi connectivity index (χ2n) is 3.44. The Labute approximate surface area is 88.7 Å². The van der Waals surface area contributed by atoms with Crippen molar-refractivity contribution in [1.82, 2.24) is 9.38 Å². The lowest BCUT2D eigenvalue weighted by atomic mass is 10.2. The summed E-state index contributed by atoms with van der Waals surface area (Å²) in [6.07, 6.45) is 0.802. The highest BCUT2D eigenvalue weighted by atomic mass is 16.5. The summed E-state index contributed by atoms with van der Waals surface area (Å²) in [6.45, 7) is 2.65. The Bertz CT molecular complexity index is 476. The molecule has 4 heteroatoms. The number of nitrogens with two attached hydrogens (primary N) is 1. The molecule has 0 unspecified atom stereocenters. The number of rotatable bonds is 3. The topological polar surface area (TPSA) is 52.5 Å². The second-order valence-corrected chi connectivity index (χ2v) is 3.44. The van der Waals surface area contributed by atoms with Gasteiger partial charge in [0.2, 0.25) is 0 Å². The number of methoxy groups -OCH3 is 1. The molecule has 0 aliphatic carbocycles. The summed E-state index contributed by atoms with van der Waals surface area (Å²) in [5.41, 5.74) is 8.60. The van der Waals surface area contributed by atoms with Crippen LogP contribution in [0.1, 0.15) is 11.4 Å². The lowest BCUT2D eigenvalue weighted by Crippen LogP contribution is -2.04. The maximum atomic E-state index is 5.54. The molecule has 0 aliphatic heterocycles. The van der Waals surface area contributed by atoms with Crippen LogP contribution in [0.2, 0.25) is 0 Å². The van der Waals surface area contributed by atoms with Crippen molar-refractivity contribution in [3.05, 3.63) is 29.6 Å². The fraction of sp³-hybridized carbons (Fsp3) is 0.364. The predicted octanol–water partition coefficient (Wildman–Crippen LogP) is 1.15. The van der Waals surface area contributed by atoms with Gasteiger partial charge in [0.25, 0.3) is 0 Å². The molecule has 0 atom stereocenters. The van der Waals surface area contributed by atoms with Crippen molar-refractivity contribution >= 4 is 5.65 Å². The van der Waals surface area contributed by atoms with Crippen molar-refractivity contribution in [2.75, 3.05) is 13.7 Å². The molecule has 0 aliphatic rings. The van der Waals surface area contributed by atoms with Gasteiger partial charge in [0, 0.05) is 12.1 Å². The number of aryl methyl sites for hydroxylation is 1. The van der Waals surface area contributed by atoms with E-state index >= 15 is 0 Å². The highest BCUT2D eigenvalue weighted by Crippen LogP contribution is 2.19. The van der Waals surface area contributed by atoms with Gasteiger partial charge < -0.3 is 10.5 Å². The van der Waals surface area contributed by atoms with Crippen LogP contribution in [0.3, 0.4) is 0 Å². The first-order valence-corrected chi connectivity index (χ1v) is 4.99. The van der Waals surface area contributed by atoms with Crippen molar-refractivity contribution < 1.29 is 4.74 Å². The minimum atomic E-state index is 0.618. The van der Waals surface area contributed by atoms with Crippen LogP contribution >= 0.6 is 0 Å². The molecule has 2 heterocycles. The molecule has 0 saturated carbocycles. The second kappa shape index (κ2) is 3.90. The molecule has 0 radical (unpaired) electrons. The average molecular weight is 205 g/mol. The van der Waals surface area contributed by atoms with Crippen LogP contribution in [-0.4, -0.2) is 23.0 Å². The van der Waals surface area contributed by atoms with Crippen molar-refractivity contribution in [2.45, 2.75) is 13.3 Å². The van der Waals surface area contributed by atoms with Gasteiger partial charge in [0.15, 0.2) is 5.88 Å². The standard InChI is InChI=1S/C11H15N3O/c1-8-9(6-7-12)13-10-4-3-5-11(15-2)14(8)10/h3-5H,6-7,12H2,1-2H3. The van der Waals surface area contributed by atoms with Gasteiger partial charge in [-0.05, 0) is 25.6 Å². The Morgan fingerprint density at radius 1 is 1.47 bits per heavy atom. The Morgan fingerprint density at radius 2 is 2.27 bits per heavy atom. The zero-order valence-corrected chi connectivity index (χ0v) is 9.03. The summed E-state index contributed by atoms with van der Waals surface area (Å²) in [6, 6.07) is 5.83. The number of hydrogen-bond acceptors (Lipinski definition) is 3. The molecule has 2 aromatic rings. The van der Waals surface area contributed by atoms with Gasteiger partial charge in [0.05, 0.1) is 12.8 Å². The SMILES string of the molecule is COc1cccc2nc(CCN)c(C)n12. The van der Waals surface area contributed by atoms with Gasteiger partial charge in [-0.25, -0.2) is 4.98 Å². The largest absolute Gasteiger partial charge is 0.482 e. The quantitative estimate of drug-likeness (QED) is 0.817. The molecule has 0 saturated heterocycles. The molecule has 0 aromatic carbocycles. The number of imidazole rings is 1. The van der Waals surface area contributed by atoms with Gasteiger partial charge >= 0.3 is 0 Å². The van der Waals surface area contributed by atoms with E-state index in [1.54, 1.807) is 7.11 Å². The van der Waals surface area contributed by atoms with E-state index in [-0.39, 0.29) is 0 Å². The average Bonchev–Trinajstić information content (AvgIpc) is 2.57. The van der Waals surface area contributed by atoms with Crippen LogP contribution in [-0.2, 0) is 6.42 Å². The van der Waals surface area contributed by atoms with Gasteiger partial charge in [-0.15, -0.1) is 0 Å². The lowest BCUT2D eigenvalue weighted by molar-refractivity contribution is 0.391. The molecule has 0 fully saturated rings. The minimum absolute atomic E-state index is 0.618. The fourth-order valence-electron chi connectivity index (χ4n) is 1.78. The lowest BCUT2D eigenvalue weighted by Gasteiger charge is -2.04. The Balaban J connectivity index is 2.65. The zero-order valence-electron chi connectivity index (χ0n) is 9.03. The number of fused-ring (bicyclic) bond motifs is 1. The molecule has 2 rings (SSSR count). The third-order valence-corrected chi connectivity index (χ3v) is 2.53. The first-order valence-electron chi connectivity index (χ1n) is 4.99. The maximum Gasteiger partial charge on any atom is 0.199 e. The van der Waals surface area contributed by atoms with E-state index in [4.69, 9.17) is 10.5 Å². The van der Waals surface area contributed by atoms with Crippen molar-refractivity contribution in [1.29, 1.82) is 0 Å².